The molecule has 2 nitrogen and oxygen atoms in total. The van der Waals surface area contributed by atoms with Gasteiger partial charge in [-0.25, -0.2) is 0 Å². The van der Waals surface area contributed by atoms with Gasteiger partial charge in [-0.05, 0) is 17.7 Å². The van der Waals surface area contributed by atoms with Crippen LogP contribution in [-0.4, -0.2) is 0 Å². The van der Waals surface area contributed by atoms with Gasteiger partial charge in [-0.1, -0.05) is 23.7 Å². The lowest BCUT2D eigenvalue weighted by Gasteiger charge is -1.98. The second kappa shape index (κ2) is 3.76. The molecule has 0 spiro atoms. The molecule has 3 heteroatoms. The van der Waals surface area contributed by atoms with Crippen molar-refractivity contribution < 1.29 is 0 Å². The highest BCUT2D eigenvalue weighted by molar-refractivity contribution is 6.30. The van der Waals surface area contributed by atoms with Crippen molar-refractivity contribution in [2.45, 2.75) is 5.92 Å². The Hall–Kier alpha value is -1.51. The fourth-order valence-corrected chi connectivity index (χ4v) is 0.959. The molecule has 0 saturated heterocycles. The number of benzene rings is 1. The van der Waals surface area contributed by atoms with Crippen molar-refractivity contribution >= 4 is 11.6 Å². The van der Waals surface area contributed by atoms with E-state index in [1.165, 1.54) is 0 Å². The van der Waals surface area contributed by atoms with E-state index in [0.717, 1.165) is 0 Å². The molecule has 1 aromatic rings. The average molecular weight is 177 g/mol. The van der Waals surface area contributed by atoms with E-state index in [0.29, 0.717) is 10.6 Å². The van der Waals surface area contributed by atoms with Crippen LogP contribution in [0.3, 0.4) is 0 Å². The summed E-state index contributed by atoms with van der Waals surface area (Å²) in [6.45, 7) is 0. The first kappa shape index (κ1) is 8.59. The van der Waals surface area contributed by atoms with Crippen LogP contribution in [0.25, 0.3) is 0 Å². The monoisotopic (exact) mass is 176 g/mol. The highest BCUT2D eigenvalue weighted by Gasteiger charge is 2.07. The molecule has 0 atom stereocenters. The number of nitriles is 2. The van der Waals surface area contributed by atoms with Gasteiger partial charge in [-0.15, -0.1) is 0 Å². The van der Waals surface area contributed by atoms with E-state index >= 15 is 0 Å². The second-order valence-electron chi connectivity index (χ2n) is 2.24. The molecular formula is C9H5ClN2. The van der Waals surface area contributed by atoms with E-state index in [1.807, 2.05) is 12.1 Å². The van der Waals surface area contributed by atoms with Crippen molar-refractivity contribution in [3.05, 3.63) is 34.9 Å². The smallest absolute Gasteiger partial charge is 0.158 e. The molecule has 0 amide bonds. The molecule has 0 fully saturated rings. The molecule has 12 heavy (non-hydrogen) atoms. The van der Waals surface area contributed by atoms with Crippen molar-refractivity contribution in [2.24, 2.45) is 0 Å². The quantitative estimate of drug-likeness (QED) is 0.660. The summed E-state index contributed by atoms with van der Waals surface area (Å²) >= 11 is 5.64. The molecule has 0 heterocycles. The first-order valence-corrected chi connectivity index (χ1v) is 3.70. The van der Waals surface area contributed by atoms with Crippen LogP contribution in [0, 0.1) is 22.7 Å². The Morgan fingerprint density at radius 2 is 1.58 bits per heavy atom. The van der Waals surface area contributed by atoms with Gasteiger partial charge < -0.3 is 0 Å². The van der Waals surface area contributed by atoms with Gasteiger partial charge in [0.05, 0.1) is 12.1 Å². The summed E-state index contributed by atoms with van der Waals surface area (Å²) in [7, 11) is 0. The second-order valence-corrected chi connectivity index (χ2v) is 2.68. The molecule has 0 aliphatic heterocycles. The maximum absolute atomic E-state index is 8.54. The summed E-state index contributed by atoms with van der Waals surface area (Å²) in [5.41, 5.74) is 0.685. The Morgan fingerprint density at radius 1 is 1.08 bits per heavy atom. The average Bonchev–Trinajstić information content (AvgIpc) is 2.10. The Kier molecular flexibility index (Phi) is 2.69. The van der Waals surface area contributed by atoms with Gasteiger partial charge in [-0.2, -0.15) is 10.5 Å². The molecule has 0 aromatic heterocycles. The third-order valence-corrected chi connectivity index (χ3v) is 1.71. The van der Waals surface area contributed by atoms with E-state index in [2.05, 4.69) is 0 Å². The van der Waals surface area contributed by atoms with E-state index in [4.69, 9.17) is 22.1 Å². The van der Waals surface area contributed by atoms with Crippen LogP contribution >= 0.6 is 11.6 Å². The maximum Gasteiger partial charge on any atom is 0.158 e. The molecule has 58 valence electrons. The predicted octanol–water partition coefficient (Wildman–Crippen LogP) is 2.47. The van der Waals surface area contributed by atoms with Crippen molar-refractivity contribution in [1.29, 1.82) is 10.5 Å². The molecular weight excluding hydrogens is 172 g/mol. The highest BCUT2D eigenvalue weighted by atomic mass is 35.5. The van der Waals surface area contributed by atoms with Gasteiger partial charge in [0.25, 0.3) is 0 Å². The van der Waals surface area contributed by atoms with Gasteiger partial charge in [0.1, 0.15) is 0 Å². The molecule has 0 unspecified atom stereocenters. The molecule has 0 bridgehead atoms. The first-order chi connectivity index (χ1) is 5.77. The summed E-state index contributed by atoms with van der Waals surface area (Å²) in [6, 6.07) is 10.5. The first-order valence-electron chi connectivity index (χ1n) is 3.32. The van der Waals surface area contributed by atoms with E-state index in [9.17, 15) is 0 Å². The van der Waals surface area contributed by atoms with E-state index < -0.39 is 5.92 Å². The summed E-state index contributed by atoms with van der Waals surface area (Å²) in [5.74, 6) is -0.692. The normalized spacial score (nSPS) is 9.00. The Bertz CT molecular complexity index is 328. The van der Waals surface area contributed by atoms with E-state index in [-0.39, 0.29) is 0 Å². The van der Waals surface area contributed by atoms with Gasteiger partial charge in [0.15, 0.2) is 5.92 Å². The minimum atomic E-state index is -0.692. The Balaban J connectivity index is 2.99. The Morgan fingerprint density at radius 3 is 2.00 bits per heavy atom. The number of hydrogen-bond donors (Lipinski definition) is 0. The van der Waals surface area contributed by atoms with Crippen LogP contribution in [0.5, 0.6) is 0 Å². The van der Waals surface area contributed by atoms with Gasteiger partial charge in [0.2, 0.25) is 0 Å². The lowest BCUT2D eigenvalue weighted by Crippen LogP contribution is -1.90. The molecule has 0 N–H and O–H groups in total. The number of rotatable bonds is 1. The topological polar surface area (TPSA) is 47.6 Å². The van der Waals surface area contributed by atoms with Crippen LogP contribution < -0.4 is 0 Å². The van der Waals surface area contributed by atoms with Crippen molar-refractivity contribution in [1.82, 2.24) is 0 Å². The molecule has 0 saturated carbocycles. The summed E-state index contributed by atoms with van der Waals surface area (Å²) in [6.07, 6.45) is 0. The summed E-state index contributed by atoms with van der Waals surface area (Å²) in [4.78, 5) is 0. The van der Waals surface area contributed by atoms with Crippen LogP contribution in [0.4, 0.5) is 0 Å². The van der Waals surface area contributed by atoms with Gasteiger partial charge in [0, 0.05) is 5.02 Å². The summed E-state index contributed by atoms with van der Waals surface area (Å²) < 4.78 is 0. The predicted molar refractivity (Wildman–Crippen MR) is 45.4 cm³/mol. The molecule has 1 rings (SSSR count). The van der Waals surface area contributed by atoms with Crippen LogP contribution in [0.15, 0.2) is 24.3 Å². The number of nitrogens with zero attached hydrogens (tertiary/aromatic N) is 2. The molecule has 0 aliphatic carbocycles. The maximum atomic E-state index is 8.54. The number of halogens is 1. The van der Waals surface area contributed by atoms with Gasteiger partial charge in [-0.3, -0.25) is 0 Å². The highest BCUT2D eigenvalue weighted by Crippen LogP contribution is 2.16. The van der Waals surface area contributed by atoms with Crippen molar-refractivity contribution in [3.63, 3.8) is 0 Å². The van der Waals surface area contributed by atoms with Crippen LogP contribution in [0.1, 0.15) is 11.5 Å². The summed E-state index contributed by atoms with van der Waals surface area (Å²) in [5, 5.41) is 17.7. The number of hydrogen-bond acceptors (Lipinski definition) is 2. The fourth-order valence-electron chi connectivity index (χ4n) is 0.833. The molecule has 1 aromatic carbocycles. The van der Waals surface area contributed by atoms with Crippen LogP contribution in [0.2, 0.25) is 5.02 Å². The lowest BCUT2D eigenvalue weighted by molar-refractivity contribution is 1.10. The zero-order valence-electron chi connectivity index (χ0n) is 6.16. The molecule has 0 radical (unpaired) electrons. The van der Waals surface area contributed by atoms with Gasteiger partial charge >= 0.3 is 0 Å². The standard InChI is InChI=1S/C9H5ClN2/c10-9-3-1-7(2-4-9)8(5-11)6-12/h1-4,8H. The Labute approximate surface area is 75.6 Å². The third-order valence-electron chi connectivity index (χ3n) is 1.46. The minimum Gasteiger partial charge on any atom is -0.196 e. The zero-order chi connectivity index (χ0) is 8.97. The zero-order valence-corrected chi connectivity index (χ0v) is 6.92. The lowest BCUT2D eigenvalue weighted by atomic mass is 10.0. The fraction of sp³-hybridized carbons (Fsp3) is 0.111. The SMILES string of the molecule is N#CC(C#N)c1ccc(Cl)cc1. The molecule has 0 aliphatic rings. The third kappa shape index (κ3) is 1.75. The minimum absolute atomic E-state index is 0.605. The largest absolute Gasteiger partial charge is 0.196 e. The van der Waals surface area contributed by atoms with Crippen LogP contribution in [-0.2, 0) is 0 Å². The van der Waals surface area contributed by atoms with Crippen molar-refractivity contribution in [2.75, 3.05) is 0 Å². The van der Waals surface area contributed by atoms with E-state index in [1.54, 1.807) is 24.3 Å². The van der Waals surface area contributed by atoms with Crippen molar-refractivity contribution in [3.8, 4) is 12.1 Å².